The van der Waals surface area contributed by atoms with Crippen molar-refractivity contribution < 1.29 is 9.22 Å². The summed E-state index contributed by atoms with van der Waals surface area (Å²) in [4.78, 5) is 4.76. The molecular formula is C8H10O2S. The van der Waals surface area contributed by atoms with Crippen LogP contribution >= 0.6 is 12.9 Å². The first kappa shape index (κ1) is 8.43. The van der Waals surface area contributed by atoms with Gasteiger partial charge in [0.15, 0.2) is 5.75 Å². The van der Waals surface area contributed by atoms with Gasteiger partial charge in [0, 0.05) is 12.9 Å². The van der Waals surface area contributed by atoms with Crippen LogP contribution in [-0.2, 0) is 4.33 Å². The largest absolute Gasteiger partial charge is 0.325 e. The molecule has 3 heteroatoms. The number of rotatable bonds is 2. The van der Waals surface area contributed by atoms with Gasteiger partial charge >= 0.3 is 0 Å². The molecule has 1 aromatic rings. The summed E-state index contributed by atoms with van der Waals surface area (Å²) in [5.41, 5.74) is 2.24. The summed E-state index contributed by atoms with van der Waals surface area (Å²) < 4.78 is 4.24. The summed E-state index contributed by atoms with van der Waals surface area (Å²) in [7, 11) is 0. The molecule has 0 heterocycles. The second kappa shape index (κ2) is 3.64. The topological polar surface area (TPSA) is 18.5 Å². The molecule has 0 atom stereocenters. The number of hydrogen-bond acceptors (Lipinski definition) is 3. The van der Waals surface area contributed by atoms with E-state index in [9.17, 15) is 0 Å². The molecule has 0 saturated heterocycles. The standard InChI is InChI=1S/C8H10O2S/c1-6-3-4-8(9-10-11)7(2)5-6/h3-5,11H,1-2H3. The van der Waals surface area contributed by atoms with Crippen LogP contribution in [0.1, 0.15) is 11.1 Å². The Labute approximate surface area is 71.7 Å². The molecule has 0 fully saturated rings. The number of hydrogen-bond donors (Lipinski definition) is 1. The molecule has 0 radical (unpaired) electrons. The van der Waals surface area contributed by atoms with E-state index >= 15 is 0 Å². The summed E-state index contributed by atoms with van der Waals surface area (Å²) in [5, 5.41) is 0. The lowest BCUT2D eigenvalue weighted by Gasteiger charge is -2.03. The third kappa shape index (κ3) is 2.13. The Kier molecular flexibility index (Phi) is 2.79. The van der Waals surface area contributed by atoms with Crippen LogP contribution in [0.4, 0.5) is 0 Å². The smallest absolute Gasteiger partial charge is 0.169 e. The summed E-state index contributed by atoms with van der Waals surface area (Å²) in [5.74, 6) is 0.700. The van der Waals surface area contributed by atoms with Gasteiger partial charge in [-0.25, -0.2) is 0 Å². The number of thiol groups is 1. The van der Waals surface area contributed by atoms with Crippen molar-refractivity contribution in [3.05, 3.63) is 29.3 Å². The maximum Gasteiger partial charge on any atom is 0.169 e. The highest BCUT2D eigenvalue weighted by Gasteiger charge is 1.98. The maximum atomic E-state index is 4.76. The van der Waals surface area contributed by atoms with Crippen LogP contribution in [-0.4, -0.2) is 0 Å². The van der Waals surface area contributed by atoms with E-state index in [1.807, 2.05) is 32.0 Å². The minimum atomic E-state index is 0.700. The third-order valence-corrected chi connectivity index (χ3v) is 1.53. The van der Waals surface area contributed by atoms with Gasteiger partial charge in [-0.1, -0.05) is 17.7 Å². The predicted molar refractivity (Wildman–Crippen MR) is 46.6 cm³/mol. The van der Waals surface area contributed by atoms with Gasteiger partial charge < -0.3 is 4.89 Å². The predicted octanol–water partition coefficient (Wildman–Crippen LogP) is 2.46. The first-order valence-corrected chi connectivity index (χ1v) is 3.66. The monoisotopic (exact) mass is 170 g/mol. The van der Waals surface area contributed by atoms with E-state index in [1.54, 1.807) is 0 Å². The Morgan fingerprint density at radius 1 is 1.27 bits per heavy atom. The molecule has 0 aliphatic rings. The third-order valence-electron chi connectivity index (χ3n) is 1.46. The van der Waals surface area contributed by atoms with Gasteiger partial charge in [-0.2, -0.15) is 0 Å². The molecule has 0 aliphatic carbocycles. The SMILES string of the molecule is Cc1ccc(OOS)c(C)c1. The molecule has 0 amide bonds. The van der Waals surface area contributed by atoms with Crippen LogP contribution in [0.5, 0.6) is 5.75 Å². The molecule has 60 valence electrons. The second-order valence-corrected chi connectivity index (χ2v) is 2.58. The van der Waals surface area contributed by atoms with Crippen LogP contribution in [0.15, 0.2) is 18.2 Å². The van der Waals surface area contributed by atoms with E-state index in [1.165, 1.54) is 5.56 Å². The minimum absolute atomic E-state index is 0.700. The molecule has 0 aliphatic heterocycles. The summed E-state index contributed by atoms with van der Waals surface area (Å²) in [6.45, 7) is 3.98. The van der Waals surface area contributed by atoms with Crippen molar-refractivity contribution in [3.63, 3.8) is 0 Å². The second-order valence-electron chi connectivity index (χ2n) is 2.43. The first-order chi connectivity index (χ1) is 5.24. The van der Waals surface area contributed by atoms with E-state index in [2.05, 4.69) is 17.2 Å². The molecule has 11 heavy (non-hydrogen) atoms. The van der Waals surface area contributed by atoms with E-state index < -0.39 is 0 Å². The molecule has 0 aromatic heterocycles. The van der Waals surface area contributed by atoms with Crippen LogP contribution < -0.4 is 4.89 Å². The van der Waals surface area contributed by atoms with Gasteiger partial charge in [-0.05, 0) is 25.5 Å². The van der Waals surface area contributed by atoms with E-state index in [4.69, 9.17) is 4.89 Å². The molecule has 1 aromatic carbocycles. The average molecular weight is 170 g/mol. The van der Waals surface area contributed by atoms with Gasteiger partial charge in [0.05, 0.1) is 0 Å². The molecule has 1 rings (SSSR count). The molecule has 0 bridgehead atoms. The van der Waals surface area contributed by atoms with Crippen molar-refractivity contribution in [2.45, 2.75) is 13.8 Å². The van der Waals surface area contributed by atoms with Crippen molar-refractivity contribution in [1.29, 1.82) is 0 Å². The van der Waals surface area contributed by atoms with Crippen molar-refractivity contribution in [1.82, 2.24) is 0 Å². The summed E-state index contributed by atoms with van der Waals surface area (Å²) in [6, 6.07) is 5.82. The lowest BCUT2D eigenvalue weighted by Crippen LogP contribution is -1.89. The lowest BCUT2D eigenvalue weighted by atomic mass is 10.1. The lowest BCUT2D eigenvalue weighted by molar-refractivity contribution is -0.0748. The van der Waals surface area contributed by atoms with Gasteiger partial charge in [0.1, 0.15) is 0 Å². The zero-order valence-electron chi connectivity index (χ0n) is 6.50. The maximum absolute atomic E-state index is 4.76. The Hall–Kier alpha value is -0.670. The normalized spacial score (nSPS) is 9.73. The zero-order chi connectivity index (χ0) is 8.27. The van der Waals surface area contributed by atoms with Crippen molar-refractivity contribution in [3.8, 4) is 5.75 Å². The van der Waals surface area contributed by atoms with Gasteiger partial charge in [0.2, 0.25) is 0 Å². The van der Waals surface area contributed by atoms with Crippen molar-refractivity contribution >= 4 is 12.9 Å². The fourth-order valence-electron chi connectivity index (χ4n) is 0.933. The fourth-order valence-corrected chi connectivity index (χ4v) is 1.01. The van der Waals surface area contributed by atoms with E-state index in [0.29, 0.717) is 5.75 Å². The van der Waals surface area contributed by atoms with Gasteiger partial charge in [-0.3, -0.25) is 0 Å². The fraction of sp³-hybridized carbons (Fsp3) is 0.250. The van der Waals surface area contributed by atoms with Crippen LogP contribution in [0.25, 0.3) is 0 Å². The highest BCUT2D eigenvalue weighted by Crippen LogP contribution is 2.18. The van der Waals surface area contributed by atoms with Crippen molar-refractivity contribution in [2.24, 2.45) is 0 Å². The number of benzene rings is 1. The van der Waals surface area contributed by atoms with E-state index in [0.717, 1.165) is 5.56 Å². The van der Waals surface area contributed by atoms with Crippen molar-refractivity contribution in [2.75, 3.05) is 0 Å². The van der Waals surface area contributed by atoms with Crippen LogP contribution in [0, 0.1) is 13.8 Å². The Morgan fingerprint density at radius 2 is 2.00 bits per heavy atom. The first-order valence-electron chi connectivity index (χ1n) is 3.29. The molecule has 0 spiro atoms. The Bertz CT molecular complexity index is 248. The molecule has 0 N–H and O–H groups in total. The average Bonchev–Trinajstić information content (AvgIpc) is 1.95. The minimum Gasteiger partial charge on any atom is -0.325 e. The molecule has 0 unspecified atom stereocenters. The zero-order valence-corrected chi connectivity index (χ0v) is 7.39. The van der Waals surface area contributed by atoms with E-state index in [-0.39, 0.29) is 0 Å². The van der Waals surface area contributed by atoms with Gasteiger partial charge in [0.25, 0.3) is 0 Å². The highest BCUT2D eigenvalue weighted by atomic mass is 32.1. The Balaban J connectivity index is 2.90. The van der Waals surface area contributed by atoms with Gasteiger partial charge in [-0.15, -0.1) is 4.33 Å². The number of aryl methyl sites for hydroxylation is 2. The molecule has 0 saturated carbocycles. The van der Waals surface area contributed by atoms with Crippen LogP contribution in [0.3, 0.4) is 0 Å². The molecular weight excluding hydrogens is 160 g/mol. The summed E-state index contributed by atoms with van der Waals surface area (Å²) >= 11 is 3.48. The molecule has 2 nitrogen and oxygen atoms in total. The summed E-state index contributed by atoms with van der Waals surface area (Å²) in [6.07, 6.45) is 0. The van der Waals surface area contributed by atoms with Crippen LogP contribution in [0.2, 0.25) is 0 Å². The quantitative estimate of drug-likeness (QED) is 0.318. The highest BCUT2D eigenvalue weighted by molar-refractivity contribution is 7.74. The Morgan fingerprint density at radius 3 is 2.55 bits per heavy atom.